The fourth-order valence-corrected chi connectivity index (χ4v) is 3.83. The van der Waals surface area contributed by atoms with E-state index in [9.17, 15) is 39.0 Å². The van der Waals surface area contributed by atoms with Gasteiger partial charge in [0, 0.05) is 19.3 Å². The van der Waals surface area contributed by atoms with Crippen LogP contribution in [0, 0.1) is 0 Å². The third-order valence-corrected chi connectivity index (χ3v) is 6.20. The number of aliphatic carboxylic acids is 2. The van der Waals surface area contributed by atoms with Crippen LogP contribution in [0.25, 0.3) is 0 Å². The molecule has 0 spiro atoms. The number of benzene rings is 1. The minimum atomic E-state index is -1.36. The van der Waals surface area contributed by atoms with Crippen molar-refractivity contribution in [1.29, 1.82) is 0 Å². The van der Waals surface area contributed by atoms with E-state index in [1.54, 1.807) is 6.26 Å². The van der Waals surface area contributed by atoms with Gasteiger partial charge in [0.25, 0.3) is 0 Å². The zero-order valence-electron chi connectivity index (χ0n) is 21.4. The number of phenolic OH excluding ortho intramolecular Hbond substituents is 1. The van der Waals surface area contributed by atoms with Gasteiger partial charge in [0.2, 0.25) is 23.6 Å². The number of carboxylic acid groups (broad SMARTS) is 2. The predicted molar refractivity (Wildman–Crippen MR) is 142 cm³/mol. The van der Waals surface area contributed by atoms with E-state index in [1.807, 2.05) is 0 Å². The molecule has 1 rings (SSSR count). The quantitative estimate of drug-likeness (QED) is 0.103. The van der Waals surface area contributed by atoms with Crippen LogP contribution in [0.3, 0.4) is 0 Å². The first kappa shape index (κ1) is 33.2. The Morgan fingerprint density at radius 2 is 1.38 bits per heavy atom. The minimum absolute atomic E-state index is 0.0304. The Bertz CT molecular complexity index is 1020. The van der Waals surface area contributed by atoms with E-state index < -0.39 is 59.7 Å². The Balaban J connectivity index is 3.14. The summed E-state index contributed by atoms with van der Waals surface area (Å²) in [6.45, 7) is 0. The van der Waals surface area contributed by atoms with E-state index in [-0.39, 0.29) is 44.3 Å². The summed E-state index contributed by atoms with van der Waals surface area (Å²) >= 11 is 1.38. The minimum Gasteiger partial charge on any atom is -0.508 e. The van der Waals surface area contributed by atoms with Gasteiger partial charge >= 0.3 is 11.9 Å². The number of aromatic hydroxyl groups is 1. The van der Waals surface area contributed by atoms with Crippen molar-refractivity contribution in [2.45, 2.75) is 62.7 Å². The highest BCUT2D eigenvalue weighted by Gasteiger charge is 2.30. The van der Waals surface area contributed by atoms with Crippen LogP contribution in [0.15, 0.2) is 24.3 Å². The van der Waals surface area contributed by atoms with Crippen molar-refractivity contribution in [2.24, 2.45) is 11.5 Å². The number of phenols is 1. The number of hydrogen-bond acceptors (Lipinski definition) is 9. The summed E-state index contributed by atoms with van der Waals surface area (Å²) in [5, 5.41) is 35.0. The SMILES string of the molecule is CSCCC(NC(=O)C(CCC(N)=O)NC(=O)C(Cc1ccc(O)cc1)NC(=O)C(N)CCC(=O)O)C(=O)O. The maximum atomic E-state index is 13.3. The van der Waals surface area contributed by atoms with E-state index in [4.69, 9.17) is 16.6 Å². The summed E-state index contributed by atoms with van der Waals surface area (Å²) in [6, 6.07) is 0.618. The molecule has 0 fully saturated rings. The number of hydrogen-bond donors (Lipinski definition) is 8. The third-order valence-electron chi connectivity index (χ3n) is 5.55. The molecule has 0 saturated carbocycles. The van der Waals surface area contributed by atoms with Crippen LogP contribution in [-0.4, -0.2) is 87.1 Å². The van der Waals surface area contributed by atoms with Crippen molar-refractivity contribution >= 4 is 47.3 Å². The highest BCUT2D eigenvalue weighted by atomic mass is 32.2. The molecule has 4 amide bonds. The molecule has 0 aliphatic rings. The number of primary amides is 1. The number of carboxylic acids is 2. The van der Waals surface area contributed by atoms with Crippen molar-refractivity contribution in [3.8, 4) is 5.75 Å². The summed E-state index contributed by atoms with van der Waals surface area (Å²) in [4.78, 5) is 72.6. The lowest BCUT2D eigenvalue weighted by atomic mass is 10.0. The topological polar surface area (TPSA) is 251 Å². The zero-order valence-corrected chi connectivity index (χ0v) is 22.2. The largest absolute Gasteiger partial charge is 0.508 e. The third kappa shape index (κ3) is 13.0. The zero-order chi connectivity index (χ0) is 29.5. The fraction of sp³-hybridized carbons (Fsp3) is 0.500. The number of carbonyl (C=O) groups is 6. The molecule has 0 bridgehead atoms. The van der Waals surface area contributed by atoms with Crippen molar-refractivity contribution < 1.29 is 44.1 Å². The van der Waals surface area contributed by atoms with E-state index >= 15 is 0 Å². The highest BCUT2D eigenvalue weighted by molar-refractivity contribution is 7.98. The molecular formula is C24H35N5O9S. The van der Waals surface area contributed by atoms with Gasteiger partial charge in [-0.05, 0) is 49.0 Å². The molecule has 0 aliphatic heterocycles. The molecule has 4 atom stereocenters. The molecule has 0 aromatic heterocycles. The molecule has 1 aromatic carbocycles. The number of amides is 4. The molecule has 14 nitrogen and oxygen atoms in total. The lowest BCUT2D eigenvalue weighted by Crippen LogP contribution is -2.57. The monoisotopic (exact) mass is 569 g/mol. The first-order chi connectivity index (χ1) is 18.3. The Hall–Kier alpha value is -3.85. The standard InChI is InChI=1S/C24H35N5O9S/c1-39-11-10-17(24(37)38)28-22(35)16(7-8-19(26)31)27-23(36)18(12-13-2-4-14(30)5-3-13)29-21(34)15(25)6-9-20(32)33/h2-5,15-18,30H,6-12,25H2,1H3,(H2,26,31)(H,27,36)(H,28,35)(H,29,34)(H,32,33)(H,37,38). The molecular weight excluding hydrogens is 534 g/mol. The lowest BCUT2D eigenvalue weighted by Gasteiger charge is -2.25. The van der Waals surface area contributed by atoms with Crippen molar-refractivity contribution in [3.05, 3.63) is 29.8 Å². The van der Waals surface area contributed by atoms with Gasteiger partial charge in [0.05, 0.1) is 6.04 Å². The summed E-state index contributed by atoms with van der Waals surface area (Å²) in [7, 11) is 0. The van der Waals surface area contributed by atoms with Crippen LogP contribution in [0.5, 0.6) is 5.75 Å². The van der Waals surface area contributed by atoms with Crippen LogP contribution < -0.4 is 27.4 Å². The van der Waals surface area contributed by atoms with Gasteiger partial charge in [-0.1, -0.05) is 12.1 Å². The van der Waals surface area contributed by atoms with E-state index in [1.165, 1.54) is 36.0 Å². The van der Waals surface area contributed by atoms with Gasteiger partial charge in [-0.25, -0.2) is 4.79 Å². The Morgan fingerprint density at radius 1 is 0.821 bits per heavy atom. The van der Waals surface area contributed by atoms with Crippen molar-refractivity contribution in [2.75, 3.05) is 12.0 Å². The van der Waals surface area contributed by atoms with Gasteiger partial charge in [-0.3, -0.25) is 24.0 Å². The van der Waals surface area contributed by atoms with Gasteiger partial charge in [0.1, 0.15) is 23.9 Å². The Kier molecular flexibility index (Phi) is 14.4. The second kappa shape index (κ2) is 16.9. The Labute approximate surface area is 229 Å². The smallest absolute Gasteiger partial charge is 0.326 e. The van der Waals surface area contributed by atoms with Crippen molar-refractivity contribution in [3.63, 3.8) is 0 Å². The van der Waals surface area contributed by atoms with Crippen LogP contribution in [0.1, 0.15) is 37.7 Å². The molecule has 15 heteroatoms. The molecule has 0 heterocycles. The van der Waals surface area contributed by atoms with E-state index in [0.29, 0.717) is 11.3 Å². The number of rotatable bonds is 18. The number of nitrogens with two attached hydrogens (primary N) is 2. The molecule has 0 aliphatic carbocycles. The number of carbonyl (C=O) groups excluding carboxylic acids is 4. The second-order valence-corrected chi connectivity index (χ2v) is 9.70. The molecule has 216 valence electrons. The predicted octanol–water partition coefficient (Wildman–Crippen LogP) is -1.32. The number of thioether (sulfide) groups is 1. The van der Waals surface area contributed by atoms with Crippen molar-refractivity contribution in [1.82, 2.24) is 16.0 Å². The number of nitrogens with one attached hydrogen (secondary N) is 3. The second-order valence-electron chi connectivity index (χ2n) is 8.72. The molecule has 39 heavy (non-hydrogen) atoms. The molecule has 1 aromatic rings. The van der Waals surface area contributed by atoms with E-state index in [0.717, 1.165) is 0 Å². The summed E-state index contributed by atoms with van der Waals surface area (Å²) in [5.74, 6) is -5.28. The average molecular weight is 570 g/mol. The maximum absolute atomic E-state index is 13.3. The summed E-state index contributed by atoms with van der Waals surface area (Å²) < 4.78 is 0. The fourth-order valence-electron chi connectivity index (χ4n) is 3.36. The van der Waals surface area contributed by atoms with Gasteiger partial charge in [-0.2, -0.15) is 11.8 Å². The van der Waals surface area contributed by atoms with Crippen LogP contribution in [0.4, 0.5) is 0 Å². The molecule has 10 N–H and O–H groups in total. The van der Waals surface area contributed by atoms with Gasteiger partial charge in [0.15, 0.2) is 0 Å². The summed E-state index contributed by atoms with van der Waals surface area (Å²) in [6.07, 6.45) is 0.694. The van der Waals surface area contributed by atoms with Crippen LogP contribution >= 0.6 is 11.8 Å². The van der Waals surface area contributed by atoms with Gasteiger partial charge < -0.3 is 42.7 Å². The Morgan fingerprint density at radius 3 is 1.92 bits per heavy atom. The van der Waals surface area contributed by atoms with Crippen LogP contribution in [-0.2, 0) is 35.2 Å². The normalized spacial score (nSPS) is 13.8. The van der Waals surface area contributed by atoms with Crippen LogP contribution in [0.2, 0.25) is 0 Å². The maximum Gasteiger partial charge on any atom is 0.326 e. The first-order valence-electron chi connectivity index (χ1n) is 12.0. The lowest BCUT2D eigenvalue weighted by molar-refractivity contribution is -0.142. The highest BCUT2D eigenvalue weighted by Crippen LogP contribution is 2.12. The molecule has 0 saturated heterocycles. The van der Waals surface area contributed by atoms with Gasteiger partial charge in [-0.15, -0.1) is 0 Å². The first-order valence-corrected chi connectivity index (χ1v) is 13.4. The summed E-state index contributed by atoms with van der Waals surface area (Å²) in [5.41, 5.74) is 11.5. The van der Waals surface area contributed by atoms with E-state index in [2.05, 4.69) is 16.0 Å². The molecule has 4 unspecified atom stereocenters. The molecule has 0 radical (unpaired) electrons. The average Bonchev–Trinajstić information content (AvgIpc) is 2.87.